The first-order valence-electron chi connectivity index (χ1n) is 11.3. The van der Waals surface area contributed by atoms with Gasteiger partial charge in [-0.3, -0.25) is 9.69 Å². The van der Waals surface area contributed by atoms with E-state index >= 15 is 0 Å². The fraction of sp³-hybridized carbons (Fsp3) is 0.308. The molecule has 0 bridgehead atoms. The van der Waals surface area contributed by atoms with Crippen molar-refractivity contribution in [1.29, 1.82) is 0 Å². The van der Waals surface area contributed by atoms with E-state index in [1.807, 2.05) is 32.2 Å². The molecule has 2 aromatic heterocycles. The molecule has 33 heavy (non-hydrogen) atoms. The number of para-hydroxylation sites is 1. The number of benzene rings is 2. The second-order valence-corrected chi connectivity index (χ2v) is 8.36. The van der Waals surface area contributed by atoms with Gasteiger partial charge in [0.25, 0.3) is 5.91 Å². The molecule has 0 fully saturated rings. The van der Waals surface area contributed by atoms with Crippen LogP contribution in [0.5, 0.6) is 0 Å². The van der Waals surface area contributed by atoms with Crippen molar-refractivity contribution in [2.75, 3.05) is 6.54 Å². The van der Waals surface area contributed by atoms with Crippen LogP contribution in [0.25, 0.3) is 10.9 Å². The summed E-state index contributed by atoms with van der Waals surface area (Å²) in [4.78, 5) is 22.3. The summed E-state index contributed by atoms with van der Waals surface area (Å²) in [5.41, 5.74) is 3.62. The van der Waals surface area contributed by atoms with Gasteiger partial charge in [-0.2, -0.15) is 0 Å². The molecule has 2 N–H and O–H groups in total. The number of nitrogens with zero attached hydrogens (tertiary/aromatic N) is 2. The Hall–Kier alpha value is -3.45. The molecule has 7 heteroatoms. The number of aromatic amines is 1. The van der Waals surface area contributed by atoms with Gasteiger partial charge in [0.2, 0.25) is 5.89 Å². The van der Waals surface area contributed by atoms with Crippen molar-refractivity contribution in [1.82, 2.24) is 20.2 Å². The van der Waals surface area contributed by atoms with E-state index in [0.717, 1.165) is 30.5 Å². The van der Waals surface area contributed by atoms with E-state index in [1.165, 1.54) is 29.3 Å². The van der Waals surface area contributed by atoms with Gasteiger partial charge >= 0.3 is 0 Å². The number of hydrogen-bond acceptors (Lipinski definition) is 4. The lowest BCUT2D eigenvalue weighted by molar-refractivity contribution is 0.0934. The molecule has 0 unspecified atom stereocenters. The minimum absolute atomic E-state index is 0.0730. The predicted octanol–water partition coefficient (Wildman–Crippen LogP) is 5.07. The SMILES string of the molecule is CC[C@H](C)NC(=O)c1coc(CN(CCc2c[nH]c3ccccc23)Cc2ccc(F)cc2)n1. The molecule has 2 heterocycles. The molecule has 0 radical (unpaired) electrons. The van der Waals surface area contributed by atoms with Crippen LogP contribution in [-0.2, 0) is 19.5 Å². The average Bonchev–Trinajstić information content (AvgIpc) is 3.46. The van der Waals surface area contributed by atoms with Crippen molar-refractivity contribution < 1.29 is 13.6 Å². The number of oxazole rings is 1. The quantitative estimate of drug-likeness (QED) is 0.355. The molecule has 1 atom stereocenters. The maximum Gasteiger partial charge on any atom is 0.273 e. The van der Waals surface area contributed by atoms with Crippen molar-refractivity contribution in [2.24, 2.45) is 0 Å². The Morgan fingerprint density at radius 3 is 2.76 bits per heavy atom. The standard InChI is InChI=1S/C26H29FN4O2/c1-3-18(2)29-26(32)24-17-33-25(30-24)16-31(15-19-8-10-21(27)11-9-19)13-12-20-14-28-23-7-5-4-6-22(20)23/h4-11,14,17-18,28H,3,12-13,15-16H2,1-2H3,(H,29,32)/t18-/m0/s1. The Labute approximate surface area is 192 Å². The van der Waals surface area contributed by atoms with Gasteiger partial charge in [0.05, 0.1) is 6.54 Å². The number of rotatable bonds is 10. The molecule has 0 saturated heterocycles. The average molecular weight is 449 g/mol. The molecule has 0 aliphatic rings. The highest BCUT2D eigenvalue weighted by Crippen LogP contribution is 2.19. The normalized spacial score (nSPS) is 12.4. The van der Waals surface area contributed by atoms with Gasteiger partial charge in [0.15, 0.2) is 5.69 Å². The lowest BCUT2D eigenvalue weighted by Gasteiger charge is -2.21. The molecule has 0 spiro atoms. The molecule has 0 aliphatic carbocycles. The number of hydrogen-bond donors (Lipinski definition) is 2. The number of fused-ring (bicyclic) bond motifs is 1. The molecule has 4 rings (SSSR count). The van der Waals surface area contributed by atoms with Crippen molar-refractivity contribution in [2.45, 2.75) is 45.8 Å². The first-order valence-corrected chi connectivity index (χ1v) is 11.3. The van der Waals surface area contributed by atoms with Crippen LogP contribution in [0.1, 0.15) is 47.8 Å². The van der Waals surface area contributed by atoms with Gasteiger partial charge in [-0.25, -0.2) is 9.37 Å². The van der Waals surface area contributed by atoms with Crippen LogP contribution in [0.2, 0.25) is 0 Å². The molecular weight excluding hydrogens is 419 g/mol. The van der Waals surface area contributed by atoms with Crippen LogP contribution in [-0.4, -0.2) is 33.4 Å². The molecule has 172 valence electrons. The largest absolute Gasteiger partial charge is 0.447 e. The summed E-state index contributed by atoms with van der Waals surface area (Å²) in [6.45, 7) is 5.76. The van der Waals surface area contributed by atoms with E-state index < -0.39 is 0 Å². The van der Waals surface area contributed by atoms with Crippen LogP contribution < -0.4 is 5.32 Å². The van der Waals surface area contributed by atoms with E-state index in [1.54, 1.807) is 12.1 Å². The topological polar surface area (TPSA) is 74.2 Å². The highest BCUT2D eigenvalue weighted by molar-refractivity contribution is 5.92. The molecule has 2 aromatic carbocycles. The number of carbonyl (C=O) groups excluding carboxylic acids is 1. The Morgan fingerprint density at radius 2 is 1.97 bits per heavy atom. The van der Waals surface area contributed by atoms with Crippen LogP contribution >= 0.6 is 0 Å². The van der Waals surface area contributed by atoms with Crippen LogP contribution in [0.4, 0.5) is 4.39 Å². The maximum atomic E-state index is 13.4. The summed E-state index contributed by atoms with van der Waals surface area (Å²) in [7, 11) is 0. The Bertz CT molecular complexity index is 1200. The first-order chi connectivity index (χ1) is 16.0. The fourth-order valence-electron chi connectivity index (χ4n) is 3.76. The summed E-state index contributed by atoms with van der Waals surface area (Å²) >= 11 is 0. The van der Waals surface area contributed by atoms with Gasteiger partial charge in [-0.15, -0.1) is 0 Å². The number of nitrogens with one attached hydrogen (secondary N) is 2. The Kier molecular flexibility index (Phi) is 7.19. The second-order valence-electron chi connectivity index (χ2n) is 8.36. The molecule has 0 saturated carbocycles. The van der Waals surface area contributed by atoms with Crippen molar-refractivity contribution in [3.05, 3.63) is 89.5 Å². The van der Waals surface area contributed by atoms with E-state index in [9.17, 15) is 9.18 Å². The predicted molar refractivity (Wildman–Crippen MR) is 126 cm³/mol. The van der Waals surface area contributed by atoms with Gasteiger partial charge in [-0.05, 0) is 49.1 Å². The summed E-state index contributed by atoms with van der Waals surface area (Å²) in [6, 6.07) is 14.8. The summed E-state index contributed by atoms with van der Waals surface area (Å²) in [6.07, 6.45) is 5.12. The van der Waals surface area contributed by atoms with E-state index in [2.05, 4.69) is 32.3 Å². The zero-order valence-corrected chi connectivity index (χ0v) is 19.0. The summed E-state index contributed by atoms with van der Waals surface area (Å²) in [5, 5.41) is 4.11. The Morgan fingerprint density at radius 1 is 1.18 bits per heavy atom. The van der Waals surface area contributed by atoms with Gasteiger partial charge in [-0.1, -0.05) is 37.3 Å². The number of aromatic nitrogens is 2. The highest BCUT2D eigenvalue weighted by atomic mass is 19.1. The summed E-state index contributed by atoms with van der Waals surface area (Å²) in [5.74, 6) is -0.0117. The summed E-state index contributed by atoms with van der Waals surface area (Å²) < 4.78 is 19.0. The molecular formula is C26H29FN4O2. The molecule has 1 amide bonds. The highest BCUT2D eigenvalue weighted by Gasteiger charge is 2.17. The first kappa shape index (κ1) is 22.7. The van der Waals surface area contributed by atoms with E-state index in [0.29, 0.717) is 19.0 Å². The number of H-pyrrole nitrogens is 1. The van der Waals surface area contributed by atoms with Gasteiger partial charge in [0, 0.05) is 36.2 Å². The van der Waals surface area contributed by atoms with E-state index in [4.69, 9.17) is 4.42 Å². The van der Waals surface area contributed by atoms with Crippen molar-refractivity contribution in [3.8, 4) is 0 Å². The van der Waals surface area contributed by atoms with Gasteiger partial charge < -0.3 is 14.7 Å². The second kappa shape index (κ2) is 10.4. The third kappa shape index (κ3) is 5.87. The smallest absolute Gasteiger partial charge is 0.273 e. The fourth-order valence-corrected chi connectivity index (χ4v) is 3.76. The third-order valence-corrected chi connectivity index (χ3v) is 5.82. The van der Waals surface area contributed by atoms with Crippen LogP contribution in [0.15, 0.2) is 65.4 Å². The van der Waals surface area contributed by atoms with Crippen molar-refractivity contribution in [3.63, 3.8) is 0 Å². The zero-order valence-electron chi connectivity index (χ0n) is 19.0. The lowest BCUT2D eigenvalue weighted by Crippen LogP contribution is -2.32. The van der Waals surface area contributed by atoms with Crippen molar-refractivity contribution >= 4 is 16.8 Å². The number of carbonyl (C=O) groups is 1. The Balaban J connectivity index is 1.48. The molecule has 0 aliphatic heterocycles. The van der Waals surface area contributed by atoms with E-state index in [-0.39, 0.29) is 23.5 Å². The molecule has 6 nitrogen and oxygen atoms in total. The maximum absolute atomic E-state index is 13.4. The number of amides is 1. The van der Waals surface area contributed by atoms with Crippen LogP contribution in [0, 0.1) is 5.82 Å². The monoisotopic (exact) mass is 448 g/mol. The minimum Gasteiger partial charge on any atom is -0.447 e. The number of halogens is 1. The van der Waals surface area contributed by atoms with Crippen LogP contribution in [0.3, 0.4) is 0 Å². The molecule has 4 aromatic rings. The lowest BCUT2D eigenvalue weighted by atomic mass is 10.1. The van der Waals surface area contributed by atoms with Gasteiger partial charge in [0.1, 0.15) is 12.1 Å². The zero-order chi connectivity index (χ0) is 23.2. The minimum atomic E-state index is -0.256. The third-order valence-electron chi connectivity index (χ3n) is 5.82.